The molecule has 2 aliphatic rings. The number of carbonyl (C=O) groups excluding carboxylic acids is 1. The first-order valence-electron chi connectivity index (χ1n) is 9.29. The van der Waals surface area contributed by atoms with Crippen LogP contribution < -0.4 is 10.0 Å². The molecule has 1 saturated carbocycles. The molecule has 1 aromatic carbocycles. The number of hydrogen-bond acceptors (Lipinski definition) is 3. The molecule has 0 bridgehead atoms. The van der Waals surface area contributed by atoms with Gasteiger partial charge in [-0.05, 0) is 82.1 Å². The molecule has 0 unspecified atom stereocenters. The van der Waals surface area contributed by atoms with Gasteiger partial charge in [-0.3, -0.25) is 4.79 Å². The molecule has 0 aromatic heterocycles. The van der Waals surface area contributed by atoms with Crippen LogP contribution in [-0.2, 0) is 27.7 Å². The Labute approximate surface area is 150 Å². The second-order valence-corrected chi connectivity index (χ2v) is 9.85. The predicted molar refractivity (Wildman–Crippen MR) is 100 cm³/mol. The van der Waals surface area contributed by atoms with E-state index in [1.54, 1.807) is 13.8 Å². The van der Waals surface area contributed by atoms with E-state index in [1.165, 1.54) is 17.5 Å². The van der Waals surface area contributed by atoms with Crippen LogP contribution in [-0.4, -0.2) is 25.6 Å². The third-order valence-corrected chi connectivity index (χ3v) is 7.32. The Kier molecular flexibility index (Phi) is 5.49. The molecule has 138 valence electrons. The zero-order chi connectivity index (χ0) is 18.0. The second-order valence-electron chi connectivity index (χ2n) is 7.59. The van der Waals surface area contributed by atoms with Crippen LogP contribution >= 0.6 is 0 Å². The Morgan fingerprint density at radius 2 is 1.76 bits per heavy atom. The maximum absolute atomic E-state index is 12.5. The van der Waals surface area contributed by atoms with E-state index in [4.69, 9.17) is 0 Å². The molecule has 2 N–H and O–H groups in total. The van der Waals surface area contributed by atoms with Gasteiger partial charge in [0.1, 0.15) is 0 Å². The number of nitrogens with one attached hydrogen (secondary N) is 2. The van der Waals surface area contributed by atoms with Crippen molar-refractivity contribution in [2.75, 3.05) is 5.32 Å². The standard InChI is InChI=1S/C19H28N2O3S/c1-13(2)25(23,24)21-17-9-7-15(8-10-17)19(22)20-18-11-6-14-4-3-5-16(14)12-18/h6,11-13,15,17,21H,3-5,7-10H2,1-2H3,(H,20,22)/t15-,17-. The van der Waals surface area contributed by atoms with Crippen LogP contribution in [0.2, 0.25) is 0 Å². The van der Waals surface area contributed by atoms with E-state index >= 15 is 0 Å². The summed E-state index contributed by atoms with van der Waals surface area (Å²) in [5.41, 5.74) is 3.63. The Balaban J connectivity index is 1.52. The minimum Gasteiger partial charge on any atom is -0.326 e. The maximum atomic E-state index is 12.5. The number of fused-ring (bicyclic) bond motifs is 1. The van der Waals surface area contributed by atoms with Gasteiger partial charge in [-0.2, -0.15) is 0 Å². The van der Waals surface area contributed by atoms with Crippen LogP contribution in [0.4, 0.5) is 5.69 Å². The number of carbonyl (C=O) groups is 1. The lowest BCUT2D eigenvalue weighted by molar-refractivity contribution is -0.120. The topological polar surface area (TPSA) is 75.3 Å². The Hall–Kier alpha value is -1.40. The fraction of sp³-hybridized carbons (Fsp3) is 0.632. The largest absolute Gasteiger partial charge is 0.326 e. The number of rotatable bonds is 5. The van der Waals surface area contributed by atoms with Crippen LogP contribution in [0.25, 0.3) is 0 Å². The minimum atomic E-state index is -3.24. The summed E-state index contributed by atoms with van der Waals surface area (Å²) < 4.78 is 26.7. The van der Waals surface area contributed by atoms with Gasteiger partial charge in [0.05, 0.1) is 5.25 Å². The van der Waals surface area contributed by atoms with E-state index < -0.39 is 15.3 Å². The lowest BCUT2D eigenvalue weighted by Gasteiger charge is -2.28. The molecule has 2 aliphatic carbocycles. The van der Waals surface area contributed by atoms with Gasteiger partial charge in [0.2, 0.25) is 15.9 Å². The Bertz CT molecular complexity index is 735. The van der Waals surface area contributed by atoms with Crippen molar-refractivity contribution in [2.24, 2.45) is 5.92 Å². The molecule has 0 spiro atoms. The highest BCUT2D eigenvalue weighted by atomic mass is 32.2. The van der Waals surface area contributed by atoms with E-state index in [1.807, 2.05) is 6.07 Å². The zero-order valence-corrected chi connectivity index (χ0v) is 15.9. The molecule has 0 radical (unpaired) electrons. The summed E-state index contributed by atoms with van der Waals surface area (Å²) in [6.07, 6.45) is 6.32. The molecule has 0 saturated heterocycles. The lowest BCUT2D eigenvalue weighted by Crippen LogP contribution is -2.42. The van der Waals surface area contributed by atoms with E-state index in [0.717, 1.165) is 31.4 Å². The number of benzene rings is 1. The summed E-state index contributed by atoms with van der Waals surface area (Å²) in [6.45, 7) is 3.36. The third kappa shape index (κ3) is 4.42. The van der Waals surface area contributed by atoms with Crippen molar-refractivity contribution in [1.82, 2.24) is 4.72 Å². The maximum Gasteiger partial charge on any atom is 0.227 e. The predicted octanol–water partition coefficient (Wildman–Crippen LogP) is 3.00. The fourth-order valence-electron chi connectivity index (χ4n) is 3.74. The van der Waals surface area contributed by atoms with Gasteiger partial charge >= 0.3 is 0 Å². The van der Waals surface area contributed by atoms with Crippen molar-refractivity contribution in [2.45, 2.75) is 70.1 Å². The first kappa shape index (κ1) is 18.4. The summed E-state index contributed by atoms with van der Waals surface area (Å²) in [5.74, 6) is 0.0242. The molecule has 6 heteroatoms. The van der Waals surface area contributed by atoms with Crippen LogP contribution in [0.15, 0.2) is 18.2 Å². The molecule has 25 heavy (non-hydrogen) atoms. The molecule has 1 aromatic rings. The van der Waals surface area contributed by atoms with E-state index in [-0.39, 0.29) is 17.9 Å². The molecule has 1 amide bonds. The summed E-state index contributed by atoms with van der Waals surface area (Å²) in [7, 11) is -3.24. The smallest absolute Gasteiger partial charge is 0.227 e. The van der Waals surface area contributed by atoms with Gasteiger partial charge in [0, 0.05) is 17.6 Å². The number of anilines is 1. The molecular formula is C19H28N2O3S. The van der Waals surface area contributed by atoms with Crippen LogP contribution in [0, 0.1) is 5.92 Å². The molecule has 3 rings (SSSR count). The second kappa shape index (κ2) is 7.46. The van der Waals surface area contributed by atoms with Crippen LogP contribution in [0.1, 0.15) is 57.1 Å². The van der Waals surface area contributed by atoms with Gasteiger partial charge in [-0.1, -0.05) is 6.07 Å². The molecular weight excluding hydrogens is 336 g/mol. The molecule has 0 aliphatic heterocycles. The van der Waals surface area contributed by atoms with Crippen LogP contribution in [0.5, 0.6) is 0 Å². The van der Waals surface area contributed by atoms with Gasteiger partial charge in [0.25, 0.3) is 0 Å². The highest BCUT2D eigenvalue weighted by molar-refractivity contribution is 7.90. The molecule has 5 nitrogen and oxygen atoms in total. The van der Waals surface area contributed by atoms with Crippen molar-refractivity contribution >= 4 is 21.6 Å². The van der Waals surface area contributed by atoms with Gasteiger partial charge in [-0.25, -0.2) is 13.1 Å². The number of aryl methyl sites for hydroxylation is 2. The summed E-state index contributed by atoms with van der Waals surface area (Å²) in [5, 5.41) is 2.62. The summed E-state index contributed by atoms with van der Waals surface area (Å²) >= 11 is 0. The zero-order valence-electron chi connectivity index (χ0n) is 15.0. The highest BCUT2D eigenvalue weighted by Gasteiger charge is 2.29. The normalized spacial score (nSPS) is 23.5. The van der Waals surface area contributed by atoms with Gasteiger partial charge in [0.15, 0.2) is 0 Å². The fourth-order valence-corrected chi connectivity index (χ4v) is 4.71. The van der Waals surface area contributed by atoms with Crippen LogP contribution in [0.3, 0.4) is 0 Å². The first-order chi connectivity index (χ1) is 11.8. The third-order valence-electron chi connectivity index (χ3n) is 5.42. The van der Waals surface area contributed by atoms with Crippen molar-refractivity contribution in [3.05, 3.63) is 29.3 Å². The highest BCUT2D eigenvalue weighted by Crippen LogP contribution is 2.28. The first-order valence-corrected chi connectivity index (χ1v) is 10.8. The summed E-state index contributed by atoms with van der Waals surface area (Å²) in [6, 6.07) is 6.17. The molecule has 0 heterocycles. The van der Waals surface area contributed by atoms with Gasteiger partial charge in [-0.15, -0.1) is 0 Å². The monoisotopic (exact) mass is 364 g/mol. The van der Waals surface area contributed by atoms with Crippen molar-refractivity contribution < 1.29 is 13.2 Å². The van der Waals surface area contributed by atoms with Crippen molar-refractivity contribution in [3.8, 4) is 0 Å². The minimum absolute atomic E-state index is 0.0342. The SMILES string of the molecule is CC(C)S(=O)(=O)N[C@H]1CC[C@H](C(=O)Nc2ccc3c(c2)CCC3)CC1. The van der Waals surface area contributed by atoms with Gasteiger partial charge < -0.3 is 5.32 Å². The van der Waals surface area contributed by atoms with E-state index in [9.17, 15) is 13.2 Å². The number of sulfonamides is 1. The van der Waals surface area contributed by atoms with Crippen molar-refractivity contribution in [3.63, 3.8) is 0 Å². The number of hydrogen-bond donors (Lipinski definition) is 2. The average Bonchev–Trinajstić information content (AvgIpc) is 3.02. The Morgan fingerprint density at radius 1 is 1.08 bits per heavy atom. The quantitative estimate of drug-likeness (QED) is 0.843. The molecule has 0 atom stereocenters. The molecule has 1 fully saturated rings. The van der Waals surface area contributed by atoms with E-state index in [0.29, 0.717) is 12.8 Å². The van der Waals surface area contributed by atoms with Crippen molar-refractivity contribution in [1.29, 1.82) is 0 Å². The average molecular weight is 365 g/mol. The summed E-state index contributed by atoms with van der Waals surface area (Å²) in [4.78, 5) is 12.5. The lowest BCUT2D eigenvalue weighted by atomic mass is 9.86. The number of amides is 1. The Morgan fingerprint density at radius 3 is 2.44 bits per heavy atom. The van der Waals surface area contributed by atoms with E-state index in [2.05, 4.69) is 22.2 Å².